The molecular formula is C24H18ClN5O3. The molecule has 0 aliphatic carbocycles. The molecule has 0 bridgehead atoms. The number of pyridine rings is 1. The predicted molar refractivity (Wildman–Crippen MR) is 126 cm³/mol. The Labute approximate surface area is 193 Å². The number of anilines is 2. The number of carbonyl (C=O) groups is 2. The number of aryl methyl sites for hydroxylation is 1. The molecule has 0 atom stereocenters. The molecule has 2 N–H and O–H groups in total. The molecule has 2 heterocycles. The van der Waals surface area contributed by atoms with E-state index in [1.807, 2.05) is 0 Å². The monoisotopic (exact) mass is 459 g/mol. The Kier molecular flexibility index (Phi) is 6.28. The number of hydrogen-bond acceptors (Lipinski definition) is 5. The molecule has 0 radical (unpaired) electrons. The molecule has 8 nitrogen and oxygen atoms in total. The molecule has 164 valence electrons. The lowest BCUT2D eigenvalue weighted by molar-refractivity contribution is 0.101. The van der Waals surface area contributed by atoms with Crippen LogP contribution in [0.4, 0.5) is 11.4 Å². The van der Waals surface area contributed by atoms with E-state index < -0.39 is 11.3 Å². The average molecular weight is 460 g/mol. The first-order valence-corrected chi connectivity index (χ1v) is 10.3. The van der Waals surface area contributed by atoms with Gasteiger partial charge in [-0.25, -0.2) is 4.68 Å². The zero-order chi connectivity index (χ0) is 23.4. The minimum absolute atomic E-state index is 0.264. The van der Waals surface area contributed by atoms with Crippen LogP contribution in [-0.2, 0) is 0 Å². The summed E-state index contributed by atoms with van der Waals surface area (Å²) in [5.41, 5.74) is 1.72. The summed E-state index contributed by atoms with van der Waals surface area (Å²) < 4.78 is 1.50. The van der Waals surface area contributed by atoms with Crippen molar-refractivity contribution in [2.45, 2.75) is 6.92 Å². The van der Waals surface area contributed by atoms with Gasteiger partial charge in [-0.15, -0.1) is 0 Å². The largest absolute Gasteiger partial charge is 0.322 e. The molecule has 0 saturated heterocycles. The highest BCUT2D eigenvalue weighted by atomic mass is 35.5. The third-order valence-electron chi connectivity index (χ3n) is 4.70. The number of carbonyl (C=O) groups excluding carboxylic acids is 2. The molecule has 0 aliphatic rings. The minimum atomic E-state index is -0.668. The molecule has 0 fully saturated rings. The number of benzene rings is 2. The third kappa shape index (κ3) is 5.13. The summed E-state index contributed by atoms with van der Waals surface area (Å²) in [5.74, 6) is -1.00. The van der Waals surface area contributed by atoms with Gasteiger partial charge in [-0.3, -0.25) is 19.4 Å². The molecule has 2 aromatic heterocycles. The van der Waals surface area contributed by atoms with Gasteiger partial charge in [0, 0.05) is 40.6 Å². The van der Waals surface area contributed by atoms with Gasteiger partial charge in [0.25, 0.3) is 11.8 Å². The Morgan fingerprint density at radius 1 is 0.909 bits per heavy atom. The zero-order valence-corrected chi connectivity index (χ0v) is 18.2. The molecule has 0 saturated carbocycles. The summed E-state index contributed by atoms with van der Waals surface area (Å²) in [6.45, 7) is 1.72. The van der Waals surface area contributed by atoms with Crippen LogP contribution in [-0.4, -0.2) is 26.6 Å². The van der Waals surface area contributed by atoms with Crippen molar-refractivity contribution in [2.75, 3.05) is 10.6 Å². The lowest BCUT2D eigenvalue weighted by Crippen LogP contribution is -2.27. The standard InChI is InChI=1S/C24H18ClN5O3/c1-15-12-21(31)22(29-30(15)20-9-7-17(25)8-10-20)24(33)28-19-6-2-5-18(13-19)27-23(32)16-4-3-11-26-14-16/h2-14H,1H3,(H,27,32)(H,28,33). The van der Waals surface area contributed by atoms with Crippen molar-refractivity contribution in [1.29, 1.82) is 0 Å². The van der Waals surface area contributed by atoms with Crippen molar-refractivity contribution in [3.8, 4) is 5.69 Å². The molecule has 0 aliphatic heterocycles. The number of hydrogen-bond donors (Lipinski definition) is 2. The van der Waals surface area contributed by atoms with E-state index >= 15 is 0 Å². The lowest BCUT2D eigenvalue weighted by atomic mass is 10.2. The van der Waals surface area contributed by atoms with Gasteiger partial charge in [0.05, 0.1) is 11.3 Å². The minimum Gasteiger partial charge on any atom is -0.322 e. The quantitative estimate of drug-likeness (QED) is 0.467. The SMILES string of the molecule is Cc1cc(=O)c(C(=O)Nc2cccc(NC(=O)c3cccnc3)c2)nn1-c1ccc(Cl)cc1. The van der Waals surface area contributed by atoms with Crippen molar-refractivity contribution in [2.24, 2.45) is 0 Å². The van der Waals surface area contributed by atoms with E-state index in [0.29, 0.717) is 33.3 Å². The Morgan fingerprint density at radius 3 is 2.27 bits per heavy atom. The number of amides is 2. The molecule has 2 amide bonds. The summed E-state index contributed by atoms with van der Waals surface area (Å²) in [6.07, 6.45) is 3.03. The number of aromatic nitrogens is 3. The molecule has 4 aromatic rings. The van der Waals surface area contributed by atoms with Crippen LogP contribution in [0.15, 0.2) is 83.9 Å². The normalized spacial score (nSPS) is 10.5. The number of nitrogens with one attached hydrogen (secondary N) is 2. The summed E-state index contributed by atoms with van der Waals surface area (Å²) in [5, 5.41) is 10.2. The fraction of sp³-hybridized carbons (Fsp3) is 0.0417. The lowest BCUT2D eigenvalue weighted by Gasteiger charge is -2.12. The zero-order valence-electron chi connectivity index (χ0n) is 17.4. The van der Waals surface area contributed by atoms with E-state index in [2.05, 4.69) is 20.7 Å². The van der Waals surface area contributed by atoms with Crippen LogP contribution in [0.1, 0.15) is 26.5 Å². The maximum absolute atomic E-state index is 12.8. The van der Waals surface area contributed by atoms with Crippen LogP contribution in [0, 0.1) is 6.92 Å². The first kappa shape index (κ1) is 21.9. The predicted octanol–water partition coefficient (Wildman–Crippen LogP) is 4.09. The number of nitrogens with zero attached hydrogens (tertiary/aromatic N) is 3. The molecule has 4 rings (SSSR count). The summed E-state index contributed by atoms with van der Waals surface area (Å²) in [7, 11) is 0. The topological polar surface area (TPSA) is 106 Å². The third-order valence-corrected chi connectivity index (χ3v) is 4.95. The fourth-order valence-electron chi connectivity index (χ4n) is 3.11. The average Bonchev–Trinajstić information content (AvgIpc) is 2.80. The van der Waals surface area contributed by atoms with E-state index in [1.165, 1.54) is 16.9 Å². The Balaban J connectivity index is 1.55. The van der Waals surface area contributed by atoms with Crippen molar-refractivity contribution in [3.05, 3.63) is 111 Å². The molecule has 33 heavy (non-hydrogen) atoms. The van der Waals surface area contributed by atoms with Crippen LogP contribution >= 0.6 is 11.6 Å². The van der Waals surface area contributed by atoms with Crippen LogP contribution in [0.2, 0.25) is 5.02 Å². The van der Waals surface area contributed by atoms with Crippen molar-refractivity contribution >= 4 is 34.8 Å². The molecule has 2 aromatic carbocycles. The first-order valence-electron chi connectivity index (χ1n) is 9.90. The Morgan fingerprint density at radius 2 is 1.61 bits per heavy atom. The van der Waals surface area contributed by atoms with Gasteiger partial charge in [0.2, 0.25) is 5.43 Å². The highest BCUT2D eigenvalue weighted by Crippen LogP contribution is 2.17. The second kappa shape index (κ2) is 9.46. The van der Waals surface area contributed by atoms with Gasteiger partial charge in [-0.1, -0.05) is 17.7 Å². The maximum Gasteiger partial charge on any atom is 0.280 e. The van der Waals surface area contributed by atoms with Crippen LogP contribution < -0.4 is 16.1 Å². The van der Waals surface area contributed by atoms with Crippen LogP contribution in [0.5, 0.6) is 0 Å². The fourth-order valence-corrected chi connectivity index (χ4v) is 3.24. The van der Waals surface area contributed by atoms with E-state index in [0.717, 1.165) is 0 Å². The van der Waals surface area contributed by atoms with Gasteiger partial charge >= 0.3 is 0 Å². The molecule has 9 heteroatoms. The van der Waals surface area contributed by atoms with Gasteiger partial charge in [0.15, 0.2) is 5.69 Å². The summed E-state index contributed by atoms with van der Waals surface area (Å²) in [4.78, 5) is 41.6. The van der Waals surface area contributed by atoms with Crippen molar-refractivity contribution < 1.29 is 9.59 Å². The smallest absolute Gasteiger partial charge is 0.280 e. The van der Waals surface area contributed by atoms with Gasteiger partial charge < -0.3 is 10.6 Å². The highest BCUT2D eigenvalue weighted by molar-refractivity contribution is 6.30. The van der Waals surface area contributed by atoms with Crippen LogP contribution in [0.3, 0.4) is 0 Å². The maximum atomic E-state index is 12.8. The van der Waals surface area contributed by atoms with E-state index in [1.54, 1.807) is 73.8 Å². The first-order chi connectivity index (χ1) is 15.9. The number of rotatable bonds is 5. The second-order valence-electron chi connectivity index (χ2n) is 7.12. The second-order valence-corrected chi connectivity index (χ2v) is 7.55. The Hall–Kier alpha value is -4.30. The van der Waals surface area contributed by atoms with Gasteiger partial charge in [-0.2, -0.15) is 5.10 Å². The van der Waals surface area contributed by atoms with Crippen LogP contribution in [0.25, 0.3) is 5.69 Å². The Bertz CT molecular complexity index is 1390. The van der Waals surface area contributed by atoms with E-state index in [9.17, 15) is 14.4 Å². The van der Waals surface area contributed by atoms with E-state index in [-0.39, 0.29) is 11.6 Å². The molecule has 0 spiro atoms. The van der Waals surface area contributed by atoms with Crippen molar-refractivity contribution in [3.63, 3.8) is 0 Å². The highest BCUT2D eigenvalue weighted by Gasteiger charge is 2.16. The van der Waals surface area contributed by atoms with Gasteiger partial charge in [-0.05, 0) is 61.5 Å². The summed E-state index contributed by atoms with van der Waals surface area (Å²) >= 11 is 5.94. The number of halogens is 1. The van der Waals surface area contributed by atoms with Crippen molar-refractivity contribution in [1.82, 2.24) is 14.8 Å². The van der Waals surface area contributed by atoms with E-state index in [4.69, 9.17) is 11.6 Å². The molecule has 0 unspecified atom stereocenters. The molecular weight excluding hydrogens is 442 g/mol. The van der Waals surface area contributed by atoms with Gasteiger partial charge in [0.1, 0.15) is 0 Å². The summed E-state index contributed by atoms with van der Waals surface area (Å²) in [6, 6.07) is 18.1.